The van der Waals surface area contributed by atoms with E-state index in [4.69, 9.17) is 6.42 Å². The molecule has 1 rings (SSSR count). The zero-order valence-corrected chi connectivity index (χ0v) is 9.72. The first kappa shape index (κ1) is 14.1. The molecule has 0 aliphatic heterocycles. The average molecular weight is 246 g/mol. The van der Waals surface area contributed by atoms with Gasteiger partial charge in [0.05, 0.1) is 5.92 Å². The summed E-state index contributed by atoms with van der Waals surface area (Å²) >= 11 is 0. The van der Waals surface area contributed by atoms with Crippen LogP contribution in [0.25, 0.3) is 0 Å². The number of halogens is 3. The summed E-state index contributed by atoms with van der Waals surface area (Å²) < 4.78 is 37.2. The molecule has 0 saturated heterocycles. The molecule has 0 amide bonds. The largest absolute Gasteiger partial charge is 0.391 e. The maximum absolute atomic E-state index is 12.4. The molecule has 0 N–H and O–H groups in total. The molecule has 0 heterocycles. The first-order valence-corrected chi connectivity index (χ1v) is 5.98. The van der Waals surface area contributed by atoms with Gasteiger partial charge in [-0.15, -0.1) is 12.3 Å². The average Bonchev–Trinajstić information content (AvgIpc) is 2.28. The van der Waals surface area contributed by atoms with Crippen LogP contribution in [0.15, 0.2) is 0 Å². The van der Waals surface area contributed by atoms with Crippen LogP contribution < -0.4 is 0 Å². The molecule has 0 bridgehead atoms. The van der Waals surface area contributed by atoms with Crippen molar-refractivity contribution in [2.24, 2.45) is 11.8 Å². The monoisotopic (exact) mass is 246 g/mol. The summed E-state index contributed by atoms with van der Waals surface area (Å²) in [5.41, 5.74) is 0. The molecule has 0 aromatic heterocycles. The lowest BCUT2D eigenvalue weighted by molar-refractivity contribution is -0.184. The van der Waals surface area contributed by atoms with Crippen molar-refractivity contribution < 1.29 is 18.0 Å². The van der Waals surface area contributed by atoms with Crippen LogP contribution in [0.4, 0.5) is 13.2 Å². The van der Waals surface area contributed by atoms with Gasteiger partial charge < -0.3 is 0 Å². The first-order valence-electron chi connectivity index (χ1n) is 5.98. The highest BCUT2D eigenvalue weighted by Crippen LogP contribution is 2.39. The highest BCUT2D eigenvalue weighted by molar-refractivity contribution is 5.81. The van der Waals surface area contributed by atoms with E-state index in [9.17, 15) is 18.0 Å². The molecule has 0 unspecified atom stereocenters. The number of unbranched alkanes of at least 4 members (excludes halogenated alkanes) is 1. The molecule has 1 aliphatic carbocycles. The Hall–Kier alpha value is -0.980. The lowest BCUT2D eigenvalue weighted by atomic mass is 9.79. The Kier molecular flexibility index (Phi) is 5.04. The lowest BCUT2D eigenvalue weighted by Gasteiger charge is -2.29. The predicted molar refractivity (Wildman–Crippen MR) is 59.2 cm³/mol. The van der Waals surface area contributed by atoms with Gasteiger partial charge in [0.15, 0.2) is 0 Å². The number of carbonyl (C=O) groups excluding carboxylic acids is 1. The SMILES string of the molecule is C#CCCCC(=O)C1CCC(C(F)(F)F)CC1. The number of Topliss-reactive ketones (excluding diaryl/α,β-unsaturated/α-hetero) is 1. The van der Waals surface area contributed by atoms with Crippen molar-refractivity contribution in [2.75, 3.05) is 0 Å². The zero-order chi connectivity index (χ0) is 12.9. The fourth-order valence-corrected chi connectivity index (χ4v) is 2.31. The molecule has 1 nitrogen and oxygen atoms in total. The second kappa shape index (κ2) is 6.09. The van der Waals surface area contributed by atoms with Crippen molar-refractivity contribution in [1.29, 1.82) is 0 Å². The van der Waals surface area contributed by atoms with Crippen molar-refractivity contribution in [3.8, 4) is 12.3 Å². The Morgan fingerprint density at radius 1 is 1.24 bits per heavy atom. The van der Waals surface area contributed by atoms with Crippen LogP contribution in [0, 0.1) is 24.2 Å². The molecular weight excluding hydrogens is 229 g/mol. The minimum atomic E-state index is -4.10. The second-order valence-corrected chi connectivity index (χ2v) is 4.61. The summed E-state index contributed by atoms with van der Waals surface area (Å²) in [6, 6.07) is 0. The minimum absolute atomic E-state index is 0.0841. The Bertz CT molecular complexity index is 293. The number of hydrogen-bond acceptors (Lipinski definition) is 1. The lowest BCUT2D eigenvalue weighted by Crippen LogP contribution is -2.30. The summed E-state index contributed by atoms with van der Waals surface area (Å²) in [6.07, 6.45) is 3.52. The molecular formula is C13H17F3O. The van der Waals surface area contributed by atoms with E-state index in [0.717, 1.165) is 0 Å². The van der Waals surface area contributed by atoms with Crippen molar-refractivity contribution >= 4 is 5.78 Å². The van der Waals surface area contributed by atoms with Crippen molar-refractivity contribution in [3.05, 3.63) is 0 Å². The van der Waals surface area contributed by atoms with Crippen molar-refractivity contribution in [2.45, 2.75) is 51.1 Å². The first-order chi connectivity index (χ1) is 7.95. The van der Waals surface area contributed by atoms with E-state index < -0.39 is 12.1 Å². The van der Waals surface area contributed by atoms with Gasteiger partial charge in [0.1, 0.15) is 5.78 Å². The van der Waals surface area contributed by atoms with Crippen LogP contribution in [0.2, 0.25) is 0 Å². The maximum Gasteiger partial charge on any atom is 0.391 e. The van der Waals surface area contributed by atoms with Gasteiger partial charge in [-0.3, -0.25) is 4.79 Å². The van der Waals surface area contributed by atoms with E-state index in [-0.39, 0.29) is 24.5 Å². The highest BCUT2D eigenvalue weighted by Gasteiger charge is 2.42. The van der Waals surface area contributed by atoms with Crippen LogP contribution in [-0.4, -0.2) is 12.0 Å². The maximum atomic E-state index is 12.4. The van der Waals surface area contributed by atoms with Gasteiger partial charge in [0.25, 0.3) is 0 Å². The summed E-state index contributed by atoms with van der Waals surface area (Å²) in [4.78, 5) is 11.7. The Balaban J connectivity index is 2.32. The summed E-state index contributed by atoms with van der Waals surface area (Å²) in [5, 5.41) is 0. The van der Waals surface area contributed by atoms with Crippen LogP contribution >= 0.6 is 0 Å². The number of rotatable bonds is 4. The molecule has 0 radical (unpaired) electrons. The number of hydrogen-bond donors (Lipinski definition) is 0. The number of alkyl halides is 3. The topological polar surface area (TPSA) is 17.1 Å². The van der Waals surface area contributed by atoms with E-state index in [1.54, 1.807) is 0 Å². The Labute approximate surface area is 99.8 Å². The third kappa shape index (κ3) is 4.41. The third-order valence-electron chi connectivity index (χ3n) is 3.39. The normalized spacial score (nSPS) is 25.3. The fourth-order valence-electron chi connectivity index (χ4n) is 2.31. The number of ketones is 1. The molecule has 1 aliphatic rings. The van der Waals surface area contributed by atoms with Crippen LogP contribution in [0.1, 0.15) is 44.9 Å². The van der Waals surface area contributed by atoms with Crippen LogP contribution in [-0.2, 0) is 4.79 Å². The molecule has 96 valence electrons. The van der Waals surface area contributed by atoms with Gasteiger partial charge in [-0.25, -0.2) is 0 Å². The quantitative estimate of drug-likeness (QED) is 0.545. The zero-order valence-electron chi connectivity index (χ0n) is 9.72. The smallest absolute Gasteiger partial charge is 0.299 e. The molecule has 0 aromatic carbocycles. The summed E-state index contributed by atoms with van der Waals surface area (Å²) in [7, 11) is 0. The molecule has 1 saturated carbocycles. The van der Waals surface area contributed by atoms with Gasteiger partial charge in [-0.05, 0) is 32.1 Å². The molecule has 0 aromatic rings. The van der Waals surface area contributed by atoms with Crippen LogP contribution in [0.3, 0.4) is 0 Å². The molecule has 4 heteroatoms. The Morgan fingerprint density at radius 2 is 1.82 bits per heavy atom. The van der Waals surface area contributed by atoms with Gasteiger partial charge in [0.2, 0.25) is 0 Å². The molecule has 1 fully saturated rings. The second-order valence-electron chi connectivity index (χ2n) is 4.61. The van der Waals surface area contributed by atoms with Crippen molar-refractivity contribution in [3.63, 3.8) is 0 Å². The van der Waals surface area contributed by atoms with E-state index in [0.29, 0.717) is 32.1 Å². The number of carbonyl (C=O) groups is 1. The standard InChI is InChI=1S/C13H17F3O/c1-2-3-4-5-12(17)10-6-8-11(9-7-10)13(14,15)16/h1,10-11H,3-9H2. The van der Waals surface area contributed by atoms with E-state index in [2.05, 4.69) is 5.92 Å². The van der Waals surface area contributed by atoms with Gasteiger partial charge in [-0.1, -0.05) is 0 Å². The summed E-state index contributed by atoms with van der Waals surface area (Å²) in [6.45, 7) is 0. The molecule has 17 heavy (non-hydrogen) atoms. The van der Waals surface area contributed by atoms with E-state index in [1.165, 1.54) is 0 Å². The van der Waals surface area contributed by atoms with Gasteiger partial charge in [0, 0.05) is 18.8 Å². The predicted octanol–water partition coefficient (Wildman–Crippen LogP) is 3.73. The number of terminal acetylenes is 1. The van der Waals surface area contributed by atoms with Gasteiger partial charge in [-0.2, -0.15) is 13.2 Å². The van der Waals surface area contributed by atoms with Crippen LogP contribution in [0.5, 0.6) is 0 Å². The third-order valence-corrected chi connectivity index (χ3v) is 3.39. The van der Waals surface area contributed by atoms with E-state index >= 15 is 0 Å². The molecule has 0 atom stereocenters. The van der Waals surface area contributed by atoms with Gasteiger partial charge >= 0.3 is 6.18 Å². The molecule has 0 spiro atoms. The minimum Gasteiger partial charge on any atom is -0.299 e. The summed E-state index contributed by atoms with van der Waals surface area (Å²) in [5.74, 6) is 1.15. The Morgan fingerprint density at radius 3 is 2.29 bits per heavy atom. The highest BCUT2D eigenvalue weighted by atomic mass is 19.4. The van der Waals surface area contributed by atoms with E-state index in [1.807, 2.05) is 0 Å². The van der Waals surface area contributed by atoms with Crippen molar-refractivity contribution in [1.82, 2.24) is 0 Å². The fraction of sp³-hybridized carbons (Fsp3) is 0.769.